The van der Waals surface area contributed by atoms with Crippen LogP contribution in [0, 0.1) is 29.6 Å². The van der Waals surface area contributed by atoms with E-state index in [1.807, 2.05) is 55.5 Å². The molecule has 2 aliphatic heterocycles. The molecule has 0 saturated carbocycles. The summed E-state index contributed by atoms with van der Waals surface area (Å²) >= 11 is 0. The van der Waals surface area contributed by atoms with Crippen molar-refractivity contribution in [3.8, 4) is 0 Å². The van der Waals surface area contributed by atoms with Gasteiger partial charge in [0.2, 0.25) is 0 Å². The predicted octanol–water partition coefficient (Wildman–Crippen LogP) is 5.56. The molecule has 0 bridgehead atoms. The summed E-state index contributed by atoms with van der Waals surface area (Å²) in [7, 11) is 1.99. The summed E-state index contributed by atoms with van der Waals surface area (Å²) in [6, 6.07) is 0.431. The first-order chi connectivity index (χ1) is 19.1. The Morgan fingerprint density at radius 1 is 1.00 bits per heavy atom. The van der Waals surface area contributed by atoms with Crippen LogP contribution in [0.5, 0.6) is 0 Å². The van der Waals surface area contributed by atoms with Crippen LogP contribution in [0.15, 0.2) is 0 Å². The highest BCUT2D eigenvalue weighted by Crippen LogP contribution is 2.34. The van der Waals surface area contributed by atoms with E-state index in [2.05, 4.69) is 19.2 Å². The molecular weight excluding hydrogens is 522 g/mol. The lowest BCUT2D eigenvalue weighted by Crippen LogP contribution is -2.50. The summed E-state index contributed by atoms with van der Waals surface area (Å²) in [4.78, 5) is 25.7. The highest BCUT2D eigenvalue weighted by Gasteiger charge is 2.41. The number of Topliss-reactive ketones (excluding diaryl/α,β-unsaturated/α-hetero) is 1. The van der Waals surface area contributed by atoms with E-state index in [9.17, 15) is 19.8 Å². The molecule has 3 N–H and O–H groups in total. The van der Waals surface area contributed by atoms with Crippen molar-refractivity contribution in [3.63, 3.8) is 0 Å². The zero-order valence-corrected chi connectivity index (χ0v) is 28.4. The number of hydrogen-bond acceptors (Lipinski definition) is 8. The molecular formula is C33H65NO7. The van der Waals surface area contributed by atoms with Crippen molar-refractivity contribution in [3.05, 3.63) is 0 Å². The largest absolute Gasteiger partial charge is 0.462 e. The van der Waals surface area contributed by atoms with Crippen LogP contribution >= 0.6 is 0 Å². The lowest BCUT2D eigenvalue weighted by Gasteiger charge is -2.37. The summed E-state index contributed by atoms with van der Waals surface area (Å²) in [5.74, 6) is -1.19. The van der Waals surface area contributed by atoms with Gasteiger partial charge in [-0.2, -0.15) is 0 Å². The van der Waals surface area contributed by atoms with Crippen molar-refractivity contribution in [1.29, 1.82) is 0 Å². The Morgan fingerprint density at radius 2 is 1.61 bits per heavy atom. The molecule has 0 radical (unpaired) electrons. The molecule has 0 aliphatic carbocycles. The van der Waals surface area contributed by atoms with Gasteiger partial charge in [0.05, 0.1) is 30.3 Å². The van der Waals surface area contributed by atoms with Gasteiger partial charge in [-0.25, -0.2) is 0 Å². The number of esters is 1. The average molecular weight is 588 g/mol. The number of carbonyl (C=O) groups excluding carboxylic acids is 2. The van der Waals surface area contributed by atoms with Gasteiger partial charge >= 0.3 is 5.97 Å². The Morgan fingerprint density at radius 3 is 2.12 bits per heavy atom. The van der Waals surface area contributed by atoms with Gasteiger partial charge in [0.25, 0.3) is 0 Å². The van der Waals surface area contributed by atoms with Gasteiger partial charge in [0.15, 0.2) is 0 Å². The molecule has 0 spiro atoms. The molecule has 10 atom stereocenters. The van der Waals surface area contributed by atoms with Gasteiger partial charge < -0.3 is 29.7 Å². The number of aliphatic hydroxyl groups is 2. The quantitative estimate of drug-likeness (QED) is 0.358. The van der Waals surface area contributed by atoms with Crippen molar-refractivity contribution in [1.82, 2.24) is 5.32 Å². The summed E-state index contributed by atoms with van der Waals surface area (Å²) in [5, 5.41) is 24.8. The molecule has 8 heteroatoms. The average Bonchev–Trinajstić information content (AvgIpc) is 2.90. The van der Waals surface area contributed by atoms with E-state index in [1.54, 1.807) is 6.92 Å². The standard InChI is InChI=1S/C26H47NO6.C5H12O.C2H6/c1-15-8-17(3)25(30)32-14-26(6,31)24(29)19(5)23(28)16(2)10-20(9-15)12-22-13-21(27-7)11-18(4)33-22;1-4-6-5(2)3;1-2/h15-22,24,27,29,31H,8-14H2,1-7H3;5H,4H2,1-3H3;1-2H3/t15-,16+,17+,18+,19-,20+,21-,22-,24+,26+;;/m0../s1. The van der Waals surface area contributed by atoms with Gasteiger partial charge in [-0.1, -0.05) is 41.5 Å². The first-order valence-electron chi connectivity index (χ1n) is 16.2. The first kappa shape index (κ1) is 39.9. The number of ether oxygens (including phenoxy) is 3. The van der Waals surface area contributed by atoms with Crippen molar-refractivity contribution in [2.24, 2.45) is 29.6 Å². The minimum absolute atomic E-state index is 0.0665. The van der Waals surface area contributed by atoms with E-state index in [4.69, 9.17) is 14.2 Å². The summed E-state index contributed by atoms with van der Waals surface area (Å²) < 4.78 is 16.6. The summed E-state index contributed by atoms with van der Waals surface area (Å²) in [6.45, 7) is 21.7. The Balaban J connectivity index is 0.00000177. The zero-order valence-electron chi connectivity index (χ0n) is 28.4. The Bertz CT molecular complexity index is 728. The van der Waals surface area contributed by atoms with Crippen LogP contribution in [0.25, 0.3) is 0 Å². The van der Waals surface area contributed by atoms with Crippen molar-refractivity contribution >= 4 is 11.8 Å². The number of nitrogens with one attached hydrogen (secondary N) is 1. The lowest BCUT2D eigenvalue weighted by atomic mass is 9.76. The van der Waals surface area contributed by atoms with Crippen molar-refractivity contribution in [2.45, 2.75) is 151 Å². The fraction of sp³-hybridized carbons (Fsp3) is 0.939. The Kier molecular flexibility index (Phi) is 19.5. The molecule has 2 heterocycles. The maximum Gasteiger partial charge on any atom is 0.308 e. The van der Waals surface area contributed by atoms with Gasteiger partial charge in [-0.3, -0.25) is 9.59 Å². The van der Waals surface area contributed by atoms with Crippen LogP contribution in [-0.4, -0.2) is 78.3 Å². The highest BCUT2D eigenvalue weighted by atomic mass is 16.5. The van der Waals surface area contributed by atoms with E-state index >= 15 is 0 Å². The number of carbonyl (C=O) groups is 2. The molecule has 244 valence electrons. The molecule has 0 aromatic rings. The number of hydrogen-bond donors (Lipinski definition) is 3. The van der Waals surface area contributed by atoms with Gasteiger partial charge in [-0.05, 0) is 92.0 Å². The van der Waals surface area contributed by atoms with Crippen LogP contribution in [0.4, 0.5) is 0 Å². The molecule has 2 aliphatic rings. The third-order valence-corrected chi connectivity index (χ3v) is 8.23. The van der Waals surface area contributed by atoms with Crippen LogP contribution < -0.4 is 5.32 Å². The number of aliphatic hydroxyl groups excluding tert-OH is 1. The number of rotatable bonds is 5. The Labute approximate surface area is 251 Å². The number of ketones is 1. The second-order valence-corrected chi connectivity index (χ2v) is 12.8. The van der Waals surface area contributed by atoms with E-state index in [0.717, 1.165) is 32.3 Å². The SMILES string of the molecule is CC.CCOC(C)C.CN[C@@H]1C[C@H](C[C@@H]2C[C@@H](C)C[C@@H](C)C(=O)OC[C@@](C)(O)[C@H](O)[C@@H](C)C(=O)[C@H](C)C2)O[C@H](C)C1. The third kappa shape index (κ3) is 14.8. The van der Waals surface area contributed by atoms with E-state index in [-0.39, 0.29) is 54.2 Å². The molecule has 41 heavy (non-hydrogen) atoms. The van der Waals surface area contributed by atoms with Crippen LogP contribution in [0.2, 0.25) is 0 Å². The van der Waals surface area contributed by atoms with E-state index in [1.165, 1.54) is 6.92 Å². The van der Waals surface area contributed by atoms with Gasteiger partial charge in [-0.15, -0.1) is 0 Å². The second kappa shape index (κ2) is 20.0. The number of cyclic esters (lactones) is 1. The zero-order chi connectivity index (χ0) is 31.9. The molecule has 2 saturated heterocycles. The van der Waals surface area contributed by atoms with Crippen LogP contribution in [0.1, 0.15) is 115 Å². The molecule has 2 rings (SSSR count). The Hall–Kier alpha value is -1.06. The molecule has 0 aromatic heterocycles. The molecule has 2 fully saturated rings. The topological polar surface area (TPSA) is 114 Å². The van der Waals surface area contributed by atoms with Crippen molar-refractivity contribution in [2.75, 3.05) is 20.3 Å². The molecule has 8 nitrogen and oxygen atoms in total. The van der Waals surface area contributed by atoms with Crippen LogP contribution in [0.3, 0.4) is 0 Å². The monoisotopic (exact) mass is 587 g/mol. The van der Waals surface area contributed by atoms with Gasteiger partial charge in [0, 0.05) is 24.5 Å². The fourth-order valence-corrected chi connectivity index (χ4v) is 6.20. The molecule has 0 aromatic carbocycles. The van der Waals surface area contributed by atoms with Crippen molar-refractivity contribution < 1.29 is 34.0 Å². The van der Waals surface area contributed by atoms with Gasteiger partial charge in [0.1, 0.15) is 18.0 Å². The maximum absolute atomic E-state index is 13.2. The highest BCUT2D eigenvalue weighted by molar-refractivity contribution is 5.83. The minimum atomic E-state index is -1.69. The smallest absolute Gasteiger partial charge is 0.308 e. The maximum atomic E-state index is 13.2. The predicted molar refractivity (Wildman–Crippen MR) is 166 cm³/mol. The third-order valence-electron chi connectivity index (χ3n) is 8.23. The summed E-state index contributed by atoms with van der Waals surface area (Å²) in [6.07, 6.45) is 4.54. The minimum Gasteiger partial charge on any atom is -0.462 e. The van der Waals surface area contributed by atoms with Crippen LogP contribution in [-0.2, 0) is 23.8 Å². The normalized spacial score (nSPS) is 37.6. The lowest BCUT2D eigenvalue weighted by molar-refractivity contribution is -0.168. The second-order valence-electron chi connectivity index (χ2n) is 12.8. The van der Waals surface area contributed by atoms with E-state index in [0.29, 0.717) is 25.0 Å². The fourth-order valence-electron chi connectivity index (χ4n) is 6.20. The van der Waals surface area contributed by atoms with E-state index < -0.39 is 17.6 Å². The molecule has 0 unspecified atom stereocenters. The summed E-state index contributed by atoms with van der Waals surface area (Å²) in [5.41, 5.74) is -1.69. The first-order valence-corrected chi connectivity index (χ1v) is 16.2. The molecule has 0 amide bonds.